The van der Waals surface area contributed by atoms with Gasteiger partial charge < -0.3 is 5.48 Å². The van der Waals surface area contributed by atoms with Gasteiger partial charge in [-0.1, -0.05) is 6.07 Å². The molecule has 1 heterocycles. The lowest BCUT2D eigenvalue weighted by molar-refractivity contribution is 0.824. The summed E-state index contributed by atoms with van der Waals surface area (Å²) in [5.41, 5.74) is 0. The van der Waals surface area contributed by atoms with Gasteiger partial charge in [0.05, 0.1) is 5.03 Å². The van der Waals surface area contributed by atoms with E-state index in [-0.39, 0.29) is 22.8 Å². The molecule has 2 nitrogen and oxygen atoms in total. The molecule has 0 saturated carbocycles. The molecule has 0 amide bonds. The highest BCUT2D eigenvalue weighted by molar-refractivity contribution is 7.80. The molecule has 0 aliphatic rings. The zero-order chi connectivity index (χ0) is 5.11. The van der Waals surface area contributed by atoms with Gasteiger partial charge >= 0.3 is 0 Å². The Kier molecular flexibility index (Phi) is 7.99. The summed E-state index contributed by atoms with van der Waals surface area (Å²) in [6, 6.07) is 5.60. The third-order valence-corrected chi connectivity index (χ3v) is 0.914. The molecule has 1 aromatic rings. The zero-order valence-corrected chi connectivity index (χ0v) is 5.10. The Morgan fingerprint density at radius 1 is 1.33 bits per heavy atom. The van der Waals surface area contributed by atoms with Crippen LogP contribution in [0.25, 0.3) is 0 Å². The van der Waals surface area contributed by atoms with Crippen molar-refractivity contribution in [3.8, 4) is 0 Å². The fourth-order valence-corrected chi connectivity index (χ4v) is 0.506. The van der Waals surface area contributed by atoms with E-state index in [0.29, 0.717) is 0 Å². The summed E-state index contributed by atoms with van der Waals surface area (Å²) in [7, 11) is 0. The second-order valence-electron chi connectivity index (χ2n) is 1.19. The van der Waals surface area contributed by atoms with Gasteiger partial charge in [-0.05, 0) is 12.1 Å². The number of aromatic nitrogens is 1. The van der Waals surface area contributed by atoms with Crippen molar-refractivity contribution in [2.24, 2.45) is 0 Å². The fraction of sp³-hybridized carbons (Fsp3) is 0. The smallest absolute Gasteiger partial charge is 0.187 e. The molecule has 0 aliphatic carbocycles. The number of nitrogens with zero attached hydrogens (tertiary/aromatic N) is 1. The predicted octanol–water partition coefficient (Wildman–Crippen LogP) is -0.638. The van der Waals surface area contributed by atoms with Crippen molar-refractivity contribution >= 4 is 30.0 Å². The normalized spacial score (nSPS) is 6.78. The van der Waals surface area contributed by atoms with Gasteiger partial charge in [0.1, 0.15) is 0 Å². The fourth-order valence-electron chi connectivity index (χ4n) is 0.354. The van der Waals surface area contributed by atoms with Gasteiger partial charge in [0.15, 0.2) is 17.4 Å². The maximum atomic E-state index is 3.97. The molecule has 4 heteroatoms. The van der Waals surface area contributed by atoms with E-state index in [4.69, 9.17) is 0 Å². The number of pyridine rings is 1. The predicted molar refractivity (Wildman–Crippen MR) is 45.0 cm³/mol. The Hall–Kier alpha value is -0.00753. The molecule has 0 aromatic carbocycles. The highest BCUT2D eigenvalue weighted by Gasteiger charge is 1.74. The van der Waals surface area contributed by atoms with E-state index in [1.165, 1.54) is 0 Å². The average Bonchev–Trinajstić information content (AvgIpc) is 1.69. The number of rotatable bonds is 0. The van der Waals surface area contributed by atoms with Crippen molar-refractivity contribution in [1.29, 1.82) is 0 Å². The second kappa shape index (κ2) is 6.12. The van der Waals surface area contributed by atoms with Crippen LogP contribution in [-0.4, -0.2) is 27.8 Å². The molecule has 0 atom stereocenters. The first-order chi connectivity index (χ1) is 3.39. The van der Waals surface area contributed by atoms with E-state index in [0.717, 1.165) is 5.03 Å². The molecule has 1 rings (SSSR count). The molecule has 9 heavy (non-hydrogen) atoms. The SMILES string of the molecule is O.Sc1ccccn1.[AlH3]. The Bertz CT molecular complexity index is 147. The van der Waals surface area contributed by atoms with Crippen LogP contribution in [0.1, 0.15) is 0 Å². The molecule has 0 fully saturated rings. The first-order valence-corrected chi connectivity index (χ1v) is 2.44. The zero-order valence-electron chi connectivity index (χ0n) is 4.20. The minimum absolute atomic E-state index is 0. The van der Waals surface area contributed by atoms with Crippen LogP contribution in [-0.2, 0) is 0 Å². The summed E-state index contributed by atoms with van der Waals surface area (Å²) < 4.78 is 0. The molecule has 1 aromatic heterocycles. The minimum Gasteiger partial charge on any atom is -0.412 e. The summed E-state index contributed by atoms with van der Waals surface area (Å²) in [5, 5.41) is 0.766. The van der Waals surface area contributed by atoms with Crippen LogP contribution >= 0.6 is 12.6 Å². The van der Waals surface area contributed by atoms with E-state index in [2.05, 4.69) is 17.6 Å². The molecule has 2 N–H and O–H groups in total. The van der Waals surface area contributed by atoms with Crippen molar-refractivity contribution in [3.05, 3.63) is 24.4 Å². The maximum Gasteiger partial charge on any atom is 0.187 e. The summed E-state index contributed by atoms with van der Waals surface area (Å²) in [6.07, 6.45) is 1.71. The lowest BCUT2D eigenvalue weighted by atomic mass is 10.5. The lowest BCUT2D eigenvalue weighted by Gasteiger charge is -1.81. The van der Waals surface area contributed by atoms with E-state index in [1.807, 2.05) is 18.2 Å². The molecule has 50 valence electrons. The Morgan fingerprint density at radius 3 is 2.22 bits per heavy atom. The van der Waals surface area contributed by atoms with Crippen LogP contribution in [0.4, 0.5) is 0 Å². The van der Waals surface area contributed by atoms with E-state index < -0.39 is 0 Å². The Balaban J connectivity index is 0. The molecule has 0 bridgehead atoms. The van der Waals surface area contributed by atoms with Crippen molar-refractivity contribution in [1.82, 2.24) is 4.98 Å². The van der Waals surface area contributed by atoms with Gasteiger partial charge in [-0.3, -0.25) is 4.98 Å². The maximum absolute atomic E-state index is 3.97. The third kappa shape index (κ3) is 4.49. The topological polar surface area (TPSA) is 44.4 Å². The largest absolute Gasteiger partial charge is 0.412 e. The molecule has 0 radical (unpaired) electrons. The van der Waals surface area contributed by atoms with Crippen molar-refractivity contribution < 1.29 is 5.48 Å². The monoisotopic (exact) mass is 159 g/mol. The third-order valence-electron chi connectivity index (χ3n) is 0.649. The van der Waals surface area contributed by atoms with Crippen LogP contribution < -0.4 is 0 Å². The van der Waals surface area contributed by atoms with Crippen LogP contribution in [0.5, 0.6) is 0 Å². The molecular weight excluding hydrogens is 149 g/mol. The van der Waals surface area contributed by atoms with Gasteiger partial charge in [-0.2, -0.15) is 0 Å². The van der Waals surface area contributed by atoms with Crippen molar-refractivity contribution in [3.63, 3.8) is 0 Å². The Labute approximate surface area is 70.2 Å². The van der Waals surface area contributed by atoms with E-state index in [1.54, 1.807) is 6.20 Å². The summed E-state index contributed by atoms with van der Waals surface area (Å²) in [6.45, 7) is 0. The first-order valence-electron chi connectivity index (χ1n) is 1.99. The van der Waals surface area contributed by atoms with Gasteiger partial charge in [-0.15, -0.1) is 12.6 Å². The molecule has 0 unspecified atom stereocenters. The van der Waals surface area contributed by atoms with Crippen molar-refractivity contribution in [2.45, 2.75) is 5.03 Å². The molecule has 0 spiro atoms. The minimum atomic E-state index is 0. The lowest BCUT2D eigenvalue weighted by Crippen LogP contribution is -1.67. The number of thiol groups is 1. The highest BCUT2D eigenvalue weighted by atomic mass is 32.1. The second-order valence-corrected chi connectivity index (χ2v) is 1.65. The first kappa shape index (κ1) is 11.7. The summed E-state index contributed by atoms with van der Waals surface area (Å²) >= 11 is 3.97. The van der Waals surface area contributed by atoms with Gasteiger partial charge in [-0.25, -0.2) is 0 Å². The van der Waals surface area contributed by atoms with Gasteiger partial charge in [0.2, 0.25) is 0 Å². The van der Waals surface area contributed by atoms with Crippen LogP contribution in [0.3, 0.4) is 0 Å². The van der Waals surface area contributed by atoms with Crippen LogP contribution in [0, 0.1) is 0 Å². The van der Waals surface area contributed by atoms with E-state index >= 15 is 0 Å². The quantitative estimate of drug-likeness (QED) is 0.397. The van der Waals surface area contributed by atoms with Crippen molar-refractivity contribution in [2.75, 3.05) is 0 Å². The van der Waals surface area contributed by atoms with E-state index in [9.17, 15) is 0 Å². The van der Waals surface area contributed by atoms with Crippen LogP contribution in [0.15, 0.2) is 29.4 Å². The molecule has 0 saturated heterocycles. The molecule has 0 aliphatic heterocycles. The molecular formula is C5H10AlNOS. The van der Waals surface area contributed by atoms with Gasteiger partial charge in [0, 0.05) is 6.20 Å². The highest BCUT2D eigenvalue weighted by Crippen LogP contribution is 1.95. The summed E-state index contributed by atoms with van der Waals surface area (Å²) in [4.78, 5) is 3.84. The van der Waals surface area contributed by atoms with Gasteiger partial charge in [0.25, 0.3) is 0 Å². The average molecular weight is 159 g/mol. The standard InChI is InChI=1S/C5H5NS.Al.H2O.3H/c7-5-3-1-2-4-6-5;;;;;/h1-4H,(H,6,7);;1H2;;;. The number of hydrogen-bond donors (Lipinski definition) is 1. The number of hydrogen-bond acceptors (Lipinski definition) is 2. The Morgan fingerprint density at radius 2 is 2.00 bits per heavy atom. The summed E-state index contributed by atoms with van der Waals surface area (Å²) in [5.74, 6) is 0. The van der Waals surface area contributed by atoms with Crippen LogP contribution in [0.2, 0.25) is 0 Å².